The van der Waals surface area contributed by atoms with E-state index in [1.54, 1.807) is 18.0 Å². The Morgan fingerprint density at radius 1 is 1.47 bits per heavy atom. The largest absolute Gasteiger partial charge is 0.385 e. The van der Waals surface area contributed by atoms with Crippen molar-refractivity contribution in [3.8, 4) is 0 Å². The molecule has 0 aliphatic carbocycles. The summed E-state index contributed by atoms with van der Waals surface area (Å²) in [5, 5.41) is 14.0. The number of carbonyl (C=O) groups is 1. The van der Waals surface area contributed by atoms with Crippen LogP contribution in [-0.4, -0.2) is 31.0 Å². The smallest absolute Gasteiger partial charge is 0.273 e. The predicted octanol–water partition coefficient (Wildman–Crippen LogP) is 1.34. The van der Waals surface area contributed by atoms with Crippen LogP contribution in [0.5, 0.6) is 0 Å². The fraction of sp³-hybridized carbons (Fsp3) is 0.417. The van der Waals surface area contributed by atoms with E-state index in [1.807, 2.05) is 6.92 Å². The fourth-order valence-corrected chi connectivity index (χ4v) is 1.62. The molecule has 0 unspecified atom stereocenters. The lowest BCUT2D eigenvalue weighted by Gasteiger charge is -2.18. The molecule has 1 amide bonds. The molecule has 7 nitrogen and oxygen atoms in total. The van der Waals surface area contributed by atoms with Crippen LogP contribution in [0.1, 0.15) is 13.3 Å². The summed E-state index contributed by atoms with van der Waals surface area (Å²) in [5.41, 5.74) is 6.33. The summed E-state index contributed by atoms with van der Waals surface area (Å²) in [6.45, 7) is 2.74. The number of nitrogens with zero attached hydrogens (tertiary/aromatic N) is 2. The minimum atomic E-state index is -0.489. The molecule has 0 bridgehead atoms. The van der Waals surface area contributed by atoms with Crippen molar-refractivity contribution in [1.29, 1.82) is 0 Å². The molecule has 0 aromatic heterocycles. The first-order chi connectivity index (χ1) is 8.93. The zero-order chi connectivity index (χ0) is 14.4. The van der Waals surface area contributed by atoms with Gasteiger partial charge in [-0.2, -0.15) is 0 Å². The third kappa shape index (κ3) is 4.46. The number of primary amides is 1. The van der Waals surface area contributed by atoms with Crippen LogP contribution in [0.15, 0.2) is 18.2 Å². The molecular weight excluding hydrogens is 248 g/mol. The predicted molar refractivity (Wildman–Crippen MR) is 74.3 cm³/mol. The Bertz CT molecular complexity index is 476. The van der Waals surface area contributed by atoms with E-state index in [1.165, 1.54) is 12.1 Å². The van der Waals surface area contributed by atoms with Gasteiger partial charge in [-0.05, 0) is 12.5 Å². The van der Waals surface area contributed by atoms with Crippen LogP contribution in [0.3, 0.4) is 0 Å². The quantitative estimate of drug-likeness (QED) is 0.572. The normalized spacial score (nSPS) is 10.0. The van der Waals surface area contributed by atoms with Crippen molar-refractivity contribution in [1.82, 2.24) is 0 Å². The number of non-ortho nitro benzene ring substituents is 1. The van der Waals surface area contributed by atoms with Gasteiger partial charge >= 0.3 is 0 Å². The molecule has 1 aromatic rings. The van der Waals surface area contributed by atoms with Gasteiger partial charge < -0.3 is 16.0 Å². The van der Waals surface area contributed by atoms with E-state index in [0.29, 0.717) is 11.4 Å². The summed E-state index contributed by atoms with van der Waals surface area (Å²) >= 11 is 0. The third-order valence-electron chi connectivity index (χ3n) is 2.53. The van der Waals surface area contributed by atoms with Crippen LogP contribution in [0, 0.1) is 10.1 Å². The molecule has 104 valence electrons. The molecule has 7 heteroatoms. The van der Waals surface area contributed by atoms with Crippen LogP contribution in [0.4, 0.5) is 17.1 Å². The van der Waals surface area contributed by atoms with Crippen LogP contribution in [0.2, 0.25) is 0 Å². The van der Waals surface area contributed by atoms with E-state index in [-0.39, 0.29) is 12.2 Å². The van der Waals surface area contributed by atoms with Gasteiger partial charge in [0.25, 0.3) is 5.69 Å². The van der Waals surface area contributed by atoms with Gasteiger partial charge in [-0.3, -0.25) is 14.9 Å². The molecule has 0 radical (unpaired) electrons. The number of anilines is 2. The van der Waals surface area contributed by atoms with Crippen molar-refractivity contribution in [2.24, 2.45) is 5.73 Å². The van der Waals surface area contributed by atoms with Crippen molar-refractivity contribution in [2.75, 3.05) is 30.4 Å². The highest BCUT2D eigenvalue weighted by molar-refractivity contribution is 5.80. The zero-order valence-corrected chi connectivity index (χ0v) is 11.0. The van der Waals surface area contributed by atoms with Crippen molar-refractivity contribution >= 4 is 23.0 Å². The minimum absolute atomic E-state index is 0.00832. The third-order valence-corrected chi connectivity index (χ3v) is 2.53. The number of rotatable bonds is 7. The standard InChI is InChI=1S/C12H18N4O3/c1-3-4-14-9-5-10(15(2)8-12(13)17)7-11(6-9)16(18)19/h5-7,14H,3-4,8H2,1-2H3,(H2,13,17). The zero-order valence-electron chi connectivity index (χ0n) is 11.0. The maximum absolute atomic E-state index is 10.9. The number of likely N-dealkylation sites (N-methyl/N-ethyl adjacent to an activating group) is 1. The Morgan fingerprint density at radius 2 is 2.16 bits per heavy atom. The van der Waals surface area contributed by atoms with Gasteiger partial charge in [-0.15, -0.1) is 0 Å². The maximum atomic E-state index is 10.9. The number of nitro benzene ring substituents is 1. The molecule has 0 saturated carbocycles. The Hall–Kier alpha value is -2.31. The summed E-state index contributed by atoms with van der Waals surface area (Å²) in [5.74, 6) is -0.489. The van der Waals surface area contributed by atoms with Gasteiger partial charge in [-0.25, -0.2) is 0 Å². The van der Waals surface area contributed by atoms with Crippen molar-refractivity contribution in [3.05, 3.63) is 28.3 Å². The molecule has 19 heavy (non-hydrogen) atoms. The summed E-state index contributed by atoms with van der Waals surface area (Å²) < 4.78 is 0. The van der Waals surface area contributed by atoms with Crippen molar-refractivity contribution in [2.45, 2.75) is 13.3 Å². The first-order valence-electron chi connectivity index (χ1n) is 5.96. The number of benzene rings is 1. The highest BCUT2D eigenvalue weighted by Crippen LogP contribution is 2.26. The molecule has 0 heterocycles. The number of nitrogens with one attached hydrogen (secondary N) is 1. The second kappa shape index (κ2) is 6.58. The van der Waals surface area contributed by atoms with Crippen LogP contribution < -0.4 is 16.0 Å². The Labute approximate surface area is 111 Å². The highest BCUT2D eigenvalue weighted by Gasteiger charge is 2.13. The molecule has 0 saturated heterocycles. The number of hydrogen-bond donors (Lipinski definition) is 2. The summed E-state index contributed by atoms with van der Waals surface area (Å²) in [7, 11) is 1.66. The molecule has 3 N–H and O–H groups in total. The lowest BCUT2D eigenvalue weighted by atomic mass is 10.2. The number of nitrogens with two attached hydrogens (primary N) is 1. The summed E-state index contributed by atoms with van der Waals surface area (Å²) in [6, 6.07) is 4.64. The van der Waals surface area contributed by atoms with Gasteiger partial charge in [0.1, 0.15) is 0 Å². The summed E-state index contributed by atoms with van der Waals surface area (Å²) in [6.07, 6.45) is 0.912. The van der Waals surface area contributed by atoms with Gasteiger partial charge in [0, 0.05) is 37.1 Å². The molecule has 0 aliphatic heterocycles. The molecule has 1 aromatic carbocycles. The van der Waals surface area contributed by atoms with Gasteiger partial charge in [0.15, 0.2) is 0 Å². The molecule has 0 aliphatic rings. The topological polar surface area (TPSA) is 102 Å². The van der Waals surface area contributed by atoms with E-state index in [2.05, 4.69) is 5.32 Å². The lowest BCUT2D eigenvalue weighted by molar-refractivity contribution is -0.384. The van der Waals surface area contributed by atoms with E-state index in [4.69, 9.17) is 5.73 Å². The van der Waals surface area contributed by atoms with Gasteiger partial charge in [-0.1, -0.05) is 6.92 Å². The molecular formula is C12H18N4O3. The Kier molecular flexibility index (Phi) is 5.11. The number of amides is 1. The average Bonchev–Trinajstić information content (AvgIpc) is 2.35. The molecule has 0 spiro atoms. The van der Waals surface area contributed by atoms with E-state index < -0.39 is 10.8 Å². The maximum Gasteiger partial charge on any atom is 0.273 e. The van der Waals surface area contributed by atoms with Crippen LogP contribution >= 0.6 is 0 Å². The second-order valence-electron chi connectivity index (χ2n) is 4.24. The number of nitro groups is 1. The van der Waals surface area contributed by atoms with E-state index in [0.717, 1.165) is 13.0 Å². The second-order valence-corrected chi connectivity index (χ2v) is 4.24. The van der Waals surface area contributed by atoms with E-state index in [9.17, 15) is 14.9 Å². The minimum Gasteiger partial charge on any atom is -0.385 e. The van der Waals surface area contributed by atoms with Crippen LogP contribution in [0.25, 0.3) is 0 Å². The van der Waals surface area contributed by atoms with Crippen LogP contribution in [-0.2, 0) is 4.79 Å². The van der Waals surface area contributed by atoms with Crippen molar-refractivity contribution < 1.29 is 9.72 Å². The molecule has 1 rings (SSSR count). The SMILES string of the molecule is CCCNc1cc(N(C)CC(N)=O)cc([N+](=O)[O-])c1. The van der Waals surface area contributed by atoms with Gasteiger partial charge in [0.2, 0.25) is 5.91 Å². The number of carbonyl (C=O) groups excluding carboxylic acids is 1. The fourth-order valence-electron chi connectivity index (χ4n) is 1.62. The summed E-state index contributed by atoms with van der Waals surface area (Å²) in [4.78, 5) is 22.9. The lowest BCUT2D eigenvalue weighted by Crippen LogP contribution is -2.30. The molecule has 0 atom stereocenters. The first-order valence-corrected chi connectivity index (χ1v) is 5.96. The highest BCUT2D eigenvalue weighted by atomic mass is 16.6. The number of hydrogen-bond acceptors (Lipinski definition) is 5. The first kappa shape index (κ1) is 14.7. The van der Waals surface area contributed by atoms with Crippen molar-refractivity contribution in [3.63, 3.8) is 0 Å². The Morgan fingerprint density at radius 3 is 2.68 bits per heavy atom. The Balaban J connectivity index is 3.04. The van der Waals surface area contributed by atoms with E-state index >= 15 is 0 Å². The van der Waals surface area contributed by atoms with Gasteiger partial charge in [0.05, 0.1) is 11.5 Å². The average molecular weight is 266 g/mol. The monoisotopic (exact) mass is 266 g/mol. The molecule has 0 fully saturated rings.